The van der Waals surface area contributed by atoms with E-state index in [1.807, 2.05) is 58.0 Å². The predicted octanol–water partition coefficient (Wildman–Crippen LogP) is 3.61. The molecule has 3 aromatic rings. The number of hydrogen-bond acceptors (Lipinski definition) is 7. The molecule has 0 bridgehead atoms. The average molecular weight is 432 g/mol. The number of aryl methyl sites for hydroxylation is 1. The van der Waals surface area contributed by atoms with Crippen molar-refractivity contribution in [1.29, 1.82) is 0 Å². The van der Waals surface area contributed by atoms with E-state index in [4.69, 9.17) is 14.5 Å². The van der Waals surface area contributed by atoms with E-state index >= 15 is 0 Å². The predicted molar refractivity (Wildman–Crippen MR) is 120 cm³/mol. The highest BCUT2D eigenvalue weighted by Gasteiger charge is 2.27. The van der Waals surface area contributed by atoms with Crippen LogP contribution in [0.1, 0.15) is 36.1 Å². The van der Waals surface area contributed by atoms with Crippen molar-refractivity contribution < 1.29 is 14.3 Å². The van der Waals surface area contributed by atoms with Gasteiger partial charge in [0.2, 0.25) is 0 Å². The molecule has 1 amide bonds. The minimum absolute atomic E-state index is 0.0731. The molecule has 0 atom stereocenters. The Labute approximate surface area is 181 Å². The van der Waals surface area contributed by atoms with Crippen LogP contribution in [0.5, 0.6) is 11.5 Å². The van der Waals surface area contributed by atoms with Gasteiger partial charge in [0, 0.05) is 19.1 Å². The second kappa shape index (κ2) is 9.01. The zero-order valence-corrected chi connectivity index (χ0v) is 19.4. The van der Waals surface area contributed by atoms with Gasteiger partial charge in [-0.15, -0.1) is 0 Å². The van der Waals surface area contributed by atoms with Crippen molar-refractivity contribution in [3.05, 3.63) is 29.6 Å². The van der Waals surface area contributed by atoms with Gasteiger partial charge in [-0.3, -0.25) is 14.4 Å². The van der Waals surface area contributed by atoms with Crippen molar-refractivity contribution >= 4 is 32.6 Å². The lowest BCUT2D eigenvalue weighted by atomic mass is 10.3. The molecule has 0 N–H and O–H groups in total. The maximum absolute atomic E-state index is 13.6. The molecule has 8 nitrogen and oxygen atoms in total. The van der Waals surface area contributed by atoms with Crippen LogP contribution in [0.2, 0.25) is 0 Å². The number of anilines is 1. The SMILES string of the molecule is COc1ccc(OC)c2sc(N(CCN(C)C)C(=O)c3cc(C)nn3C(C)C)nc12. The van der Waals surface area contributed by atoms with Crippen molar-refractivity contribution in [1.82, 2.24) is 19.7 Å². The van der Waals surface area contributed by atoms with E-state index in [0.717, 1.165) is 10.4 Å². The summed E-state index contributed by atoms with van der Waals surface area (Å²) in [5.74, 6) is 1.23. The summed E-state index contributed by atoms with van der Waals surface area (Å²) in [6.07, 6.45) is 0. The molecular weight excluding hydrogens is 402 g/mol. The Kier molecular flexibility index (Phi) is 6.62. The quantitative estimate of drug-likeness (QED) is 0.543. The number of benzene rings is 1. The van der Waals surface area contributed by atoms with E-state index in [1.165, 1.54) is 11.3 Å². The van der Waals surface area contributed by atoms with Crippen LogP contribution in [0.15, 0.2) is 18.2 Å². The summed E-state index contributed by atoms with van der Waals surface area (Å²) in [5.41, 5.74) is 2.06. The number of methoxy groups -OCH3 is 2. The van der Waals surface area contributed by atoms with Crippen LogP contribution in [-0.2, 0) is 0 Å². The van der Waals surface area contributed by atoms with E-state index in [9.17, 15) is 4.79 Å². The maximum Gasteiger partial charge on any atom is 0.278 e. The molecule has 1 aromatic carbocycles. The standard InChI is InChI=1S/C21H29N5O3S/c1-13(2)26-15(12-14(3)23-26)20(27)25(11-10-24(4)5)21-22-18-16(28-6)8-9-17(29-7)19(18)30-21/h8-9,12-13H,10-11H2,1-7H3. The van der Waals surface area contributed by atoms with Gasteiger partial charge in [-0.1, -0.05) is 11.3 Å². The van der Waals surface area contributed by atoms with Gasteiger partial charge in [0.05, 0.1) is 19.9 Å². The fraction of sp³-hybridized carbons (Fsp3) is 0.476. The molecule has 2 heterocycles. The lowest BCUT2D eigenvalue weighted by Crippen LogP contribution is -2.38. The van der Waals surface area contributed by atoms with Crippen LogP contribution in [0.3, 0.4) is 0 Å². The van der Waals surface area contributed by atoms with Crippen LogP contribution in [0, 0.1) is 6.92 Å². The molecule has 0 radical (unpaired) electrons. The number of rotatable bonds is 8. The smallest absolute Gasteiger partial charge is 0.278 e. The third kappa shape index (κ3) is 4.27. The molecule has 0 spiro atoms. The van der Waals surface area contributed by atoms with Gasteiger partial charge in [-0.05, 0) is 53.1 Å². The highest BCUT2D eigenvalue weighted by Crippen LogP contribution is 2.40. The molecule has 9 heteroatoms. The normalized spacial score (nSPS) is 11.5. The molecular formula is C21H29N5O3S. The Hall–Kier alpha value is -2.65. The maximum atomic E-state index is 13.6. The second-order valence-electron chi connectivity index (χ2n) is 7.61. The highest BCUT2D eigenvalue weighted by atomic mass is 32.1. The van der Waals surface area contributed by atoms with Crippen molar-refractivity contribution in [2.75, 3.05) is 46.3 Å². The van der Waals surface area contributed by atoms with Gasteiger partial charge in [-0.25, -0.2) is 4.98 Å². The fourth-order valence-electron chi connectivity index (χ4n) is 3.18. The lowest BCUT2D eigenvalue weighted by Gasteiger charge is -2.22. The first kappa shape index (κ1) is 22.0. The minimum atomic E-state index is -0.122. The molecule has 30 heavy (non-hydrogen) atoms. The van der Waals surface area contributed by atoms with Crippen molar-refractivity contribution in [2.45, 2.75) is 26.8 Å². The van der Waals surface area contributed by atoms with Crippen LogP contribution < -0.4 is 14.4 Å². The average Bonchev–Trinajstić information content (AvgIpc) is 3.31. The number of ether oxygens (including phenoxy) is 2. The number of carbonyl (C=O) groups excluding carboxylic acids is 1. The first-order chi connectivity index (χ1) is 14.3. The number of hydrogen-bond donors (Lipinski definition) is 0. The molecule has 0 saturated heterocycles. The molecule has 0 saturated carbocycles. The van der Waals surface area contributed by atoms with E-state index in [-0.39, 0.29) is 11.9 Å². The van der Waals surface area contributed by atoms with Gasteiger partial charge in [0.15, 0.2) is 5.13 Å². The first-order valence-corrected chi connectivity index (χ1v) is 10.6. The summed E-state index contributed by atoms with van der Waals surface area (Å²) >= 11 is 1.42. The Morgan fingerprint density at radius 1 is 1.17 bits per heavy atom. The van der Waals surface area contributed by atoms with E-state index in [2.05, 4.69) is 5.10 Å². The summed E-state index contributed by atoms with van der Waals surface area (Å²) in [5, 5.41) is 5.11. The minimum Gasteiger partial charge on any atom is -0.495 e. The summed E-state index contributed by atoms with van der Waals surface area (Å²) < 4.78 is 13.6. The Morgan fingerprint density at radius 3 is 2.43 bits per heavy atom. The monoisotopic (exact) mass is 431 g/mol. The Bertz CT molecular complexity index is 1000. The van der Waals surface area contributed by atoms with Crippen molar-refractivity contribution in [3.63, 3.8) is 0 Å². The number of likely N-dealkylation sites (N-methyl/N-ethyl adjacent to an activating group) is 1. The zero-order chi connectivity index (χ0) is 22.0. The van der Waals surface area contributed by atoms with Crippen LogP contribution in [0.25, 0.3) is 10.2 Å². The summed E-state index contributed by atoms with van der Waals surface area (Å²) in [7, 11) is 7.20. The first-order valence-electron chi connectivity index (χ1n) is 9.81. The summed E-state index contributed by atoms with van der Waals surface area (Å²) in [4.78, 5) is 22.2. The highest BCUT2D eigenvalue weighted by molar-refractivity contribution is 7.22. The molecule has 2 aromatic heterocycles. The van der Waals surface area contributed by atoms with E-state index in [1.54, 1.807) is 23.8 Å². The van der Waals surface area contributed by atoms with Gasteiger partial charge >= 0.3 is 0 Å². The second-order valence-corrected chi connectivity index (χ2v) is 8.59. The number of fused-ring (bicyclic) bond motifs is 1. The topological polar surface area (TPSA) is 72.7 Å². The molecule has 0 aliphatic rings. The van der Waals surface area contributed by atoms with Crippen LogP contribution in [-0.4, -0.2) is 67.0 Å². The largest absolute Gasteiger partial charge is 0.495 e. The number of thiazole rings is 1. The van der Waals surface area contributed by atoms with Gasteiger partial charge in [0.25, 0.3) is 5.91 Å². The number of aromatic nitrogens is 3. The van der Waals surface area contributed by atoms with Crippen molar-refractivity contribution in [3.8, 4) is 11.5 Å². The molecule has 162 valence electrons. The van der Waals surface area contributed by atoms with Gasteiger partial charge in [-0.2, -0.15) is 5.10 Å². The third-order valence-corrected chi connectivity index (χ3v) is 5.80. The molecule has 0 aliphatic heterocycles. The number of carbonyl (C=O) groups is 1. The lowest BCUT2D eigenvalue weighted by molar-refractivity contribution is 0.0973. The Morgan fingerprint density at radius 2 is 1.83 bits per heavy atom. The number of nitrogens with zero attached hydrogens (tertiary/aromatic N) is 5. The molecule has 0 fully saturated rings. The number of amides is 1. The van der Waals surface area contributed by atoms with E-state index in [0.29, 0.717) is 40.9 Å². The third-order valence-electron chi connectivity index (χ3n) is 4.71. The Balaban J connectivity index is 2.11. The summed E-state index contributed by atoms with van der Waals surface area (Å²) in [6, 6.07) is 5.59. The van der Waals surface area contributed by atoms with Crippen LogP contribution in [0.4, 0.5) is 5.13 Å². The molecule has 3 rings (SSSR count). The van der Waals surface area contributed by atoms with Crippen LogP contribution >= 0.6 is 11.3 Å². The molecule has 0 unspecified atom stereocenters. The zero-order valence-electron chi connectivity index (χ0n) is 18.6. The van der Waals surface area contributed by atoms with E-state index < -0.39 is 0 Å². The molecule has 0 aliphatic carbocycles. The van der Waals surface area contributed by atoms with Crippen molar-refractivity contribution in [2.24, 2.45) is 0 Å². The van der Waals surface area contributed by atoms with Gasteiger partial charge in [0.1, 0.15) is 27.4 Å². The fourth-order valence-corrected chi connectivity index (χ4v) is 4.28. The summed E-state index contributed by atoms with van der Waals surface area (Å²) in [6.45, 7) is 7.12. The van der Waals surface area contributed by atoms with Gasteiger partial charge < -0.3 is 14.4 Å².